The number of H-pyrrole nitrogens is 1. The topological polar surface area (TPSA) is 31.9 Å². The normalized spacial score (nSPS) is 22.4. The highest BCUT2D eigenvalue weighted by Crippen LogP contribution is 2.39. The molecule has 0 bridgehead atoms. The quantitative estimate of drug-likeness (QED) is 0.891. The third kappa shape index (κ3) is 2.87. The number of hydrogen-bond donors (Lipinski definition) is 1. The molecule has 1 N–H and O–H groups in total. The standard InChI is InChI=1S/C16H21N3/c1-19(8-7-13-11-17-18-12-13)16-9-15(10-16)14-5-3-2-4-6-14/h2-6,11-12,15-16H,7-10H2,1H3,(H,17,18). The van der Waals surface area contributed by atoms with E-state index >= 15 is 0 Å². The molecule has 1 aromatic carbocycles. The summed E-state index contributed by atoms with van der Waals surface area (Å²) in [5.41, 5.74) is 2.80. The molecule has 0 unspecified atom stereocenters. The highest BCUT2D eigenvalue weighted by atomic mass is 15.1. The van der Waals surface area contributed by atoms with Crippen LogP contribution in [0.3, 0.4) is 0 Å². The molecule has 0 saturated heterocycles. The fraction of sp³-hybridized carbons (Fsp3) is 0.438. The molecule has 0 amide bonds. The van der Waals surface area contributed by atoms with Gasteiger partial charge < -0.3 is 4.90 Å². The van der Waals surface area contributed by atoms with Gasteiger partial charge in [-0.05, 0) is 43.4 Å². The van der Waals surface area contributed by atoms with E-state index in [9.17, 15) is 0 Å². The predicted octanol–water partition coefficient (Wildman–Crippen LogP) is 2.83. The van der Waals surface area contributed by atoms with Gasteiger partial charge in [0.15, 0.2) is 0 Å². The van der Waals surface area contributed by atoms with Crippen LogP contribution in [0.2, 0.25) is 0 Å². The van der Waals surface area contributed by atoms with E-state index in [1.165, 1.54) is 24.0 Å². The largest absolute Gasteiger partial charge is 0.303 e. The van der Waals surface area contributed by atoms with Gasteiger partial charge in [0.25, 0.3) is 0 Å². The smallest absolute Gasteiger partial charge is 0.0519 e. The maximum Gasteiger partial charge on any atom is 0.0519 e. The second-order valence-corrected chi connectivity index (χ2v) is 5.57. The Morgan fingerprint density at radius 3 is 2.74 bits per heavy atom. The molecular weight excluding hydrogens is 234 g/mol. The molecule has 1 heterocycles. The molecule has 2 aromatic rings. The summed E-state index contributed by atoms with van der Waals surface area (Å²) in [6.45, 7) is 1.12. The lowest BCUT2D eigenvalue weighted by atomic mass is 9.75. The summed E-state index contributed by atoms with van der Waals surface area (Å²) in [7, 11) is 2.24. The number of nitrogens with one attached hydrogen (secondary N) is 1. The molecule has 1 fully saturated rings. The minimum atomic E-state index is 0.747. The molecular formula is C16H21N3. The van der Waals surface area contributed by atoms with E-state index in [4.69, 9.17) is 0 Å². The number of aromatic amines is 1. The van der Waals surface area contributed by atoms with Crippen molar-refractivity contribution >= 4 is 0 Å². The van der Waals surface area contributed by atoms with Crippen LogP contribution in [0, 0.1) is 0 Å². The maximum absolute atomic E-state index is 3.99. The van der Waals surface area contributed by atoms with Crippen molar-refractivity contribution in [2.24, 2.45) is 0 Å². The van der Waals surface area contributed by atoms with Gasteiger partial charge in [-0.1, -0.05) is 30.3 Å². The minimum Gasteiger partial charge on any atom is -0.303 e. The van der Waals surface area contributed by atoms with Gasteiger partial charge in [-0.3, -0.25) is 5.10 Å². The number of hydrogen-bond acceptors (Lipinski definition) is 2. The molecule has 0 aliphatic heterocycles. The second kappa shape index (κ2) is 5.57. The number of nitrogens with zero attached hydrogens (tertiary/aromatic N) is 2. The Balaban J connectivity index is 1.45. The first-order chi connectivity index (χ1) is 9.33. The van der Waals surface area contributed by atoms with E-state index in [1.54, 1.807) is 0 Å². The van der Waals surface area contributed by atoms with Crippen LogP contribution in [0.5, 0.6) is 0 Å². The molecule has 1 aromatic heterocycles. The highest BCUT2D eigenvalue weighted by molar-refractivity contribution is 5.22. The van der Waals surface area contributed by atoms with Crippen LogP contribution in [-0.4, -0.2) is 34.7 Å². The summed E-state index contributed by atoms with van der Waals surface area (Å²) < 4.78 is 0. The number of benzene rings is 1. The van der Waals surface area contributed by atoms with Gasteiger partial charge in [-0.2, -0.15) is 5.10 Å². The third-order valence-electron chi connectivity index (χ3n) is 4.32. The first-order valence-electron chi connectivity index (χ1n) is 7.06. The van der Waals surface area contributed by atoms with Crippen molar-refractivity contribution in [3.05, 3.63) is 53.9 Å². The lowest BCUT2D eigenvalue weighted by molar-refractivity contribution is 0.138. The predicted molar refractivity (Wildman–Crippen MR) is 77.1 cm³/mol. The number of aromatic nitrogens is 2. The van der Waals surface area contributed by atoms with Crippen LogP contribution >= 0.6 is 0 Å². The summed E-state index contributed by atoms with van der Waals surface area (Å²) in [6.07, 6.45) is 7.58. The Morgan fingerprint density at radius 2 is 2.05 bits per heavy atom. The Kier molecular flexibility index (Phi) is 3.65. The summed E-state index contributed by atoms with van der Waals surface area (Å²) in [5, 5.41) is 6.86. The van der Waals surface area contributed by atoms with Crippen LogP contribution in [-0.2, 0) is 6.42 Å². The summed E-state index contributed by atoms with van der Waals surface area (Å²) in [6, 6.07) is 11.6. The van der Waals surface area contributed by atoms with Crippen LogP contribution in [0.15, 0.2) is 42.7 Å². The number of rotatable bonds is 5. The van der Waals surface area contributed by atoms with Gasteiger partial charge in [0.05, 0.1) is 6.20 Å². The summed E-state index contributed by atoms with van der Waals surface area (Å²) in [4.78, 5) is 2.49. The minimum absolute atomic E-state index is 0.747. The molecule has 1 aliphatic carbocycles. The zero-order valence-electron chi connectivity index (χ0n) is 11.4. The van der Waals surface area contributed by atoms with Crippen molar-refractivity contribution in [1.29, 1.82) is 0 Å². The highest BCUT2D eigenvalue weighted by Gasteiger charge is 2.32. The Bertz CT molecular complexity index is 486. The van der Waals surface area contributed by atoms with Crippen molar-refractivity contribution in [3.63, 3.8) is 0 Å². The summed E-state index contributed by atoms with van der Waals surface area (Å²) in [5.74, 6) is 0.766. The first kappa shape index (κ1) is 12.4. The fourth-order valence-corrected chi connectivity index (χ4v) is 2.85. The average Bonchev–Trinajstić information content (AvgIpc) is 2.89. The lowest BCUT2D eigenvalue weighted by Gasteiger charge is -2.41. The van der Waals surface area contributed by atoms with E-state index < -0.39 is 0 Å². The molecule has 0 spiro atoms. The molecule has 1 aliphatic rings. The van der Waals surface area contributed by atoms with E-state index in [1.807, 2.05) is 12.4 Å². The van der Waals surface area contributed by atoms with Gasteiger partial charge >= 0.3 is 0 Å². The molecule has 1 saturated carbocycles. The van der Waals surface area contributed by atoms with Crippen molar-refractivity contribution < 1.29 is 0 Å². The van der Waals surface area contributed by atoms with Gasteiger partial charge in [0.2, 0.25) is 0 Å². The van der Waals surface area contributed by atoms with Crippen molar-refractivity contribution in [2.45, 2.75) is 31.2 Å². The van der Waals surface area contributed by atoms with Gasteiger partial charge in [0.1, 0.15) is 0 Å². The molecule has 0 radical (unpaired) electrons. The van der Waals surface area contributed by atoms with E-state index in [2.05, 4.69) is 52.5 Å². The Labute approximate surface area is 114 Å². The van der Waals surface area contributed by atoms with Crippen LogP contribution in [0.4, 0.5) is 0 Å². The Hall–Kier alpha value is -1.61. The van der Waals surface area contributed by atoms with Crippen molar-refractivity contribution in [2.75, 3.05) is 13.6 Å². The van der Waals surface area contributed by atoms with Crippen LogP contribution in [0.1, 0.15) is 29.9 Å². The molecule has 0 atom stereocenters. The zero-order chi connectivity index (χ0) is 13.1. The Morgan fingerprint density at radius 1 is 1.26 bits per heavy atom. The number of likely N-dealkylation sites (N-methyl/N-ethyl adjacent to an activating group) is 1. The van der Waals surface area contributed by atoms with Crippen molar-refractivity contribution in [3.8, 4) is 0 Å². The first-order valence-corrected chi connectivity index (χ1v) is 7.06. The zero-order valence-corrected chi connectivity index (χ0v) is 11.4. The van der Waals surface area contributed by atoms with Gasteiger partial charge in [-0.25, -0.2) is 0 Å². The molecule has 19 heavy (non-hydrogen) atoms. The summed E-state index contributed by atoms with van der Waals surface area (Å²) >= 11 is 0. The molecule has 3 rings (SSSR count). The van der Waals surface area contributed by atoms with E-state index in [0.717, 1.165) is 24.9 Å². The fourth-order valence-electron chi connectivity index (χ4n) is 2.85. The molecule has 3 nitrogen and oxygen atoms in total. The van der Waals surface area contributed by atoms with Crippen LogP contribution < -0.4 is 0 Å². The lowest BCUT2D eigenvalue weighted by Crippen LogP contribution is -2.42. The van der Waals surface area contributed by atoms with E-state index in [-0.39, 0.29) is 0 Å². The van der Waals surface area contributed by atoms with Crippen LogP contribution in [0.25, 0.3) is 0 Å². The second-order valence-electron chi connectivity index (χ2n) is 5.57. The van der Waals surface area contributed by atoms with Crippen molar-refractivity contribution in [1.82, 2.24) is 15.1 Å². The molecule has 100 valence electrons. The third-order valence-corrected chi connectivity index (χ3v) is 4.32. The van der Waals surface area contributed by atoms with Gasteiger partial charge in [0, 0.05) is 18.8 Å². The monoisotopic (exact) mass is 255 g/mol. The van der Waals surface area contributed by atoms with E-state index in [0.29, 0.717) is 0 Å². The SMILES string of the molecule is CN(CCc1cn[nH]c1)C1CC(c2ccccc2)C1. The average molecular weight is 255 g/mol. The maximum atomic E-state index is 3.99. The molecule has 3 heteroatoms. The van der Waals surface area contributed by atoms with Gasteiger partial charge in [-0.15, -0.1) is 0 Å².